The van der Waals surface area contributed by atoms with E-state index in [9.17, 15) is 0 Å². The molecule has 0 saturated heterocycles. The molecule has 7 nitrogen and oxygen atoms in total. The predicted octanol–water partition coefficient (Wildman–Crippen LogP) is -4.06. The fraction of sp³-hybridized carbons (Fsp3) is 0. The first-order valence-corrected chi connectivity index (χ1v) is 4.52. The summed E-state index contributed by atoms with van der Waals surface area (Å²) in [6.45, 7) is 0. The van der Waals surface area contributed by atoms with E-state index in [0.29, 0.717) is 0 Å². The quantitative estimate of drug-likeness (QED) is 0.403. The predicted molar refractivity (Wildman–Crippen MR) is 12.1 cm³/mol. The Labute approximate surface area is 95.5 Å². The summed E-state index contributed by atoms with van der Waals surface area (Å²) in [6.07, 6.45) is 0. The van der Waals surface area contributed by atoms with Crippen molar-refractivity contribution in [2.24, 2.45) is 0 Å². The van der Waals surface area contributed by atoms with Crippen molar-refractivity contribution in [3.05, 3.63) is 0 Å². The van der Waals surface area contributed by atoms with Gasteiger partial charge in [0.25, 0.3) is 0 Å². The minimum absolute atomic E-state index is 0. The van der Waals surface area contributed by atoms with Crippen LogP contribution in [0.2, 0.25) is 0 Å². The van der Waals surface area contributed by atoms with E-state index in [2.05, 4.69) is 0 Å². The Morgan fingerprint density at radius 3 is 0.800 bits per heavy atom. The van der Waals surface area contributed by atoms with Crippen LogP contribution in [-0.4, -0.2) is 43.2 Å². The van der Waals surface area contributed by atoms with Crippen LogP contribution in [0.5, 0.6) is 0 Å². The van der Waals surface area contributed by atoms with E-state index in [0.717, 1.165) is 0 Å². The topological polar surface area (TPSA) is 146 Å². The first-order chi connectivity index (χ1) is 3.46. The molecule has 0 heterocycles. The van der Waals surface area contributed by atoms with Crippen molar-refractivity contribution in [1.82, 2.24) is 0 Å². The Bertz CT molecular complexity index is 128. The number of hydrogen-bond donors (Lipinski definition) is 0. The van der Waals surface area contributed by atoms with Crippen molar-refractivity contribution in [3.63, 3.8) is 0 Å². The van der Waals surface area contributed by atoms with E-state index in [1.165, 1.54) is 0 Å². The molecular formula is H2CaO7V2. The summed E-state index contributed by atoms with van der Waals surface area (Å²) in [5.41, 5.74) is 0. The summed E-state index contributed by atoms with van der Waals surface area (Å²) in [5.74, 6) is 0. The second-order valence-corrected chi connectivity index (χ2v) is 1.84. The van der Waals surface area contributed by atoms with Crippen LogP contribution in [0.3, 0.4) is 0 Å². The SMILES string of the molecule is O.[Ca+2].[O]=[V](=[O])[O-].[O]=[V](=[O])[O-]. The van der Waals surface area contributed by atoms with Crippen LogP contribution in [0.4, 0.5) is 0 Å². The van der Waals surface area contributed by atoms with Gasteiger partial charge in [-0.3, -0.25) is 0 Å². The van der Waals surface area contributed by atoms with Crippen molar-refractivity contribution in [3.8, 4) is 0 Å². The third-order valence-corrected chi connectivity index (χ3v) is 0. The van der Waals surface area contributed by atoms with E-state index in [1.54, 1.807) is 0 Å². The van der Waals surface area contributed by atoms with Crippen LogP contribution in [0.25, 0.3) is 0 Å². The normalized spacial score (nSPS) is 5.00. The van der Waals surface area contributed by atoms with Crippen LogP contribution >= 0.6 is 0 Å². The van der Waals surface area contributed by atoms with Gasteiger partial charge in [0, 0.05) is 0 Å². The van der Waals surface area contributed by atoms with Crippen molar-refractivity contribution in [1.29, 1.82) is 0 Å². The average Bonchev–Trinajstić information content (AvgIpc) is 1.25. The van der Waals surface area contributed by atoms with E-state index in [4.69, 9.17) is 22.8 Å². The molecule has 0 aliphatic rings. The molecule has 0 aromatic carbocycles. The van der Waals surface area contributed by atoms with Gasteiger partial charge in [-0.2, -0.15) is 0 Å². The van der Waals surface area contributed by atoms with E-state index >= 15 is 0 Å². The molecule has 0 aromatic rings. The first kappa shape index (κ1) is 22.5. The Balaban J connectivity index is -0.0000000300. The van der Waals surface area contributed by atoms with Gasteiger partial charge in [-0.15, -0.1) is 0 Å². The molecule has 0 unspecified atom stereocenters. The average molecular weight is 256 g/mol. The third kappa shape index (κ3) is 302. The second-order valence-electron chi connectivity index (χ2n) is 0.447. The van der Waals surface area contributed by atoms with Crippen molar-refractivity contribution >= 4 is 37.7 Å². The zero-order chi connectivity index (χ0) is 7.15. The van der Waals surface area contributed by atoms with Gasteiger partial charge in [-0.05, 0) is 0 Å². The van der Waals surface area contributed by atoms with E-state index < -0.39 is 30.8 Å². The fourth-order valence-corrected chi connectivity index (χ4v) is 0. The van der Waals surface area contributed by atoms with Gasteiger partial charge in [-0.25, -0.2) is 0 Å². The molecule has 0 amide bonds. The zero-order valence-corrected chi connectivity index (χ0v) is 9.55. The van der Waals surface area contributed by atoms with Crippen LogP contribution in [-0.2, 0) is 45.5 Å². The Morgan fingerprint density at radius 2 is 0.800 bits per heavy atom. The molecule has 0 rings (SSSR count). The number of rotatable bonds is 0. The molecule has 0 saturated carbocycles. The molecule has 0 bridgehead atoms. The summed E-state index contributed by atoms with van der Waals surface area (Å²) < 4.78 is 51.4. The van der Waals surface area contributed by atoms with Gasteiger partial charge >= 0.3 is 91.3 Å². The van der Waals surface area contributed by atoms with Crippen molar-refractivity contribution < 1.29 is 59.0 Å². The van der Waals surface area contributed by atoms with Gasteiger partial charge < -0.3 is 5.48 Å². The summed E-state index contributed by atoms with van der Waals surface area (Å²) in [6, 6.07) is 0. The first-order valence-electron chi connectivity index (χ1n) is 1.10. The maximum atomic E-state index is 8.56. The van der Waals surface area contributed by atoms with Gasteiger partial charge in [0.1, 0.15) is 0 Å². The summed E-state index contributed by atoms with van der Waals surface area (Å²) in [5, 5.41) is 0. The second kappa shape index (κ2) is 16.9. The molecule has 0 radical (unpaired) electrons. The molecular weight excluding hydrogens is 254 g/mol. The van der Waals surface area contributed by atoms with E-state index in [1.807, 2.05) is 0 Å². The van der Waals surface area contributed by atoms with Crippen LogP contribution in [0.1, 0.15) is 0 Å². The summed E-state index contributed by atoms with van der Waals surface area (Å²) >= 11 is -7.88. The molecule has 0 atom stereocenters. The Kier molecular flexibility index (Phi) is 38.0. The fourth-order valence-electron chi connectivity index (χ4n) is 0. The van der Waals surface area contributed by atoms with Gasteiger partial charge in [0.05, 0.1) is 0 Å². The number of hydrogen-bond acceptors (Lipinski definition) is 6. The Morgan fingerprint density at radius 1 is 0.800 bits per heavy atom. The van der Waals surface area contributed by atoms with Gasteiger partial charge in [0.2, 0.25) is 0 Å². The summed E-state index contributed by atoms with van der Waals surface area (Å²) in [4.78, 5) is 0. The molecule has 10 heteroatoms. The Hall–Kier alpha value is 1.51. The molecule has 0 aromatic heterocycles. The molecule has 2 N–H and O–H groups in total. The zero-order valence-electron chi connectivity index (χ0n) is 4.55. The standard InChI is InChI=1S/Ca.H2O.6O.2V/h;1H2;;;;;;;;/q+2;;;;;;2*-1;;. The van der Waals surface area contributed by atoms with E-state index in [-0.39, 0.29) is 43.2 Å². The molecule has 0 aliphatic heterocycles. The maximum absolute atomic E-state index is 8.56. The monoisotopic (exact) mass is 256 g/mol. The van der Waals surface area contributed by atoms with Crippen molar-refractivity contribution in [2.45, 2.75) is 0 Å². The molecule has 0 spiro atoms. The van der Waals surface area contributed by atoms with Crippen molar-refractivity contribution in [2.75, 3.05) is 0 Å². The summed E-state index contributed by atoms with van der Waals surface area (Å²) in [7, 11) is 0. The van der Waals surface area contributed by atoms with Crippen LogP contribution in [0.15, 0.2) is 0 Å². The third-order valence-electron chi connectivity index (χ3n) is 0. The molecule has 0 fully saturated rings. The molecule has 56 valence electrons. The minimum atomic E-state index is -3.94. The van der Waals surface area contributed by atoms with Crippen LogP contribution < -0.4 is 8.06 Å². The molecule has 0 aliphatic carbocycles. The van der Waals surface area contributed by atoms with Crippen LogP contribution in [0, 0.1) is 0 Å². The van der Waals surface area contributed by atoms with Gasteiger partial charge in [-0.1, -0.05) is 0 Å². The van der Waals surface area contributed by atoms with Gasteiger partial charge in [0.15, 0.2) is 0 Å². The molecule has 10 heavy (non-hydrogen) atoms.